The van der Waals surface area contributed by atoms with E-state index in [9.17, 15) is 35.4 Å². The van der Waals surface area contributed by atoms with Gasteiger partial charge in [-0.05, 0) is 43.6 Å². The summed E-state index contributed by atoms with van der Waals surface area (Å²) in [4.78, 5) is 13.9. The number of hydrogen-bond donors (Lipinski definition) is 6. The largest absolute Gasteiger partial charge is 0.504 e. The zero-order valence-corrected chi connectivity index (χ0v) is 19.9. The summed E-state index contributed by atoms with van der Waals surface area (Å²) in [5.41, 5.74) is -1.86. The first-order valence-electron chi connectivity index (χ1n) is 12.2. The number of ether oxygens (including phenoxy) is 3. The van der Waals surface area contributed by atoms with E-state index in [0.29, 0.717) is 24.0 Å². The second-order valence-electron chi connectivity index (χ2n) is 10.7. The number of aromatic hydroxyl groups is 1. The van der Waals surface area contributed by atoms with Gasteiger partial charge in [0.15, 0.2) is 23.2 Å². The van der Waals surface area contributed by atoms with Crippen LogP contribution in [0.4, 0.5) is 0 Å². The minimum absolute atomic E-state index is 0.0220. The van der Waals surface area contributed by atoms with Crippen LogP contribution in [0, 0.1) is 5.92 Å². The standard InChI is InChI=1S/C25H31NO10/c1-10(28)34-23-21(32)25(33,20(31)17(9-27)35-23)13-8-16(30)19-18-11(13)7-14-12-3-4-15(29)22(36-19)24(12,18)5-6-26(14)2/h3-4,8,12,14-15,17,20-23,27,29-33H,5-7,9H2,1-2H3/t12-,14+,15-,17+,20-,21-,22-,23+,24-,25-/m0/s1. The molecule has 1 aromatic carbocycles. The molecule has 0 radical (unpaired) electrons. The van der Waals surface area contributed by atoms with E-state index >= 15 is 0 Å². The molecule has 3 aliphatic heterocycles. The molecule has 2 aliphatic carbocycles. The first kappa shape index (κ1) is 24.1. The number of nitrogens with zero attached hydrogens (tertiary/aromatic N) is 1. The third kappa shape index (κ3) is 2.84. The van der Waals surface area contributed by atoms with Gasteiger partial charge in [-0.25, -0.2) is 0 Å². The summed E-state index contributed by atoms with van der Waals surface area (Å²) in [6.07, 6.45) is -3.60. The zero-order chi connectivity index (χ0) is 25.7. The molecule has 6 rings (SSSR count). The molecular formula is C25H31NO10. The monoisotopic (exact) mass is 505 g/mol. The van der Waals surface area contributed by atoms with Crippen LogP contribution in [0.5, 0.6) is 11.5 Å². The molecule has 36 heavy (non-hydrogen) atoms. The van der Waals surface area contributed by atoms with E-state index in [1.807, 2.05) is 13.1 Å². The highest BCUT2D eigenvalue weighted by Gasteiger charge is 2.66. The molecule has 1 spiro atoms. The van der Waals surface area contributed by atoms with Crippen LogP contribution >= 0.6 is 0 Å². The number of phenolic OH excluding ortho intramolecular Hbond substituents is 1. The maximum atomic E-state index is 12.0. The topological polar surface area (TPSA) is 169 Å². The van der Waals surface area contributed by atoms with Crippen LogP contribution in [0.25, 0.3) is 0 Å². The number of piperidine rings is 1. The number of benzene rings is 1. The number of esters is 1. The molecule has 0 amide bonds. The molecule has 11 heteroatoms. The lowest BCUT2D eigenvalue weighted by molar-refractivity contribution is -0.328. The van der Waals surface area contributed by atoms with Crippen molar-refractivity contribution in [3.05, 3.63) is 34.9 Å². The smallest absolute Gasteiger partial charge is 0.305 e. The summed E-state index contributed by atoms with van der Waals surface area (Å²) in [6, 6.07) is 1.21. The van der Waals surface area contributed by atoms with Crippen molar-refractivity contribution in [1.82, 2.24) is 4.90 Å². The van der Waals surface area contributed by atoms with Gasteiger partial charge in [0.05, 0.1) is 6.61 Å². The molecule has 2 bridgehead atoms. The molecule has 0 aromatic heterocycles. The lowest BCUT2D eigenvalue weighted by atomic mass is 9.52. The van der Waals surface area contributed by atoms with Crippen LogP contribution in [0.15, 0.2) is 18.2 Å². The Kier molecular flexibility index (Phi) is 5.27. The normalized spacial score (nSPS) is 44.6. The van der Waals surface area contributed by atoms with Gasteiger partial charge in [0.2, 0.25) is 6.29 Å². The third-order valence-corrected chi connectivity index (χ3v) is 8.99. The Morgan fingerprint density at radius 2 is 2.00 bits per heavy atom. The van der Waals surface area contributed by atoms with E-state index in [1.54, 1.807) is 6.08 Å². The summed E-state index contributed by atoms with van der Waals surface area (Å²) in [5.74, 6) is -0.889. The van der Waals surface area contributed by atoms with Crippen molar-refractivity contribution in [2.24, 2.45) is 5.92 Å². The Morgan fingerprint density at radius 3 is 2.69 bits per heavy atom. The second-order valence-corrected chi connectivity index (χ2v) is 10.7. The SMILES string of the molecule is CC(=O)O[C@@H]1O[C@H](CO)[C@H](O)[C@@](O)(c2cc(O)c3c4c2C[C@@H]2[C@@H]5C=C[C@H](O)[C@H](O3)[C@]45CCN2C)[C@H]1O. The van der Waals surface area contributed by atoms with Crippen LogP contribution in [-0.4, -0.2) is 105 Å². The van der Waals surface area contributed by atoms with Crippen LogP contribution < -0.4 is 4.74 Å². The first-order valence-corrected chi connectivity index (χ1v) is 12.2. The molecule has 5 aliphatic rings. The van der Waals surface area contributed by atoms with Crippen LogP contribution in [0.2, 0.25) is 0 Å². The average molecular weight is 506 g/mol. The molecule has 11 nitrogen and oxygen atoms in total. The molecule has 0 unspecified atom stereocenters. The van der Waals surface area contributed by atoms with Crippen molar-refractivity contribution in [1.29, 1.82) is 0 Å². The molecule has 3 heterocycles. The molecule has 2 saturated heterocycles. The molecular weight excluding hydrogens is 474 g/mol. The number of carbonyl (C=O) groups excluding carboxylic acids is 1. The predicted molar refractivity (Wildman–Crippen MR) is 121 cm³/mol. The van der Waals surface area contributed by atoms with Gasteiger partial charge in [0, 0.05) is 29.9 Å². The Morgan fingerprint density at radius 1 is 1.25 bits per heavy atom. The van der Waals surface area contributed by atoms with Crippen molar-refractivity contribution < 1.29 is 49.6 Å². The maximum Gasteiger partial charge on any atom is 0.305 e. The van der Waals surface area contributed by atoms with Gasteiger partial charge in [-0.15, -0.1) is 0 Å². The maximum absolute atomic E-state index is 12.0. The van der Waals surface area contributed by atoms with Crippen molar-refractivity contribution in [2.75, 3.05) is 20.2 Å². The van der Waals surface area contributed by atoms with Gasteiger partial charge in [0.25, 0.3) is 0 Å². The Bertz CT molecular complexity index is 1140. The number of rotatable bonds is 3. The first-order chi connectivity index (χ1) is 17.0. The molecule has 1 aromatic rings. The highest BCUT2D eigenvalue weighted by Crippen LogP contribution is 2.64. The summed E-state index contributed by atoms with van der Waals surface area (Å²) < 4.78 is 16.7. The molecule has 10 atom stereocenters. The van der Waals surface area contributed by atoms with Gasteiger partial charge in [-0.3, -0.25) is 4.79 Å². The number of phenols is 1. The third-order valence-electron chi connectivity index (χ3n) is 8.99. The van der Waals surface area contributed by atoms with E-state index < -0.39 is 60.4 Å². The van der Waals surface area contributed by atoms with Gasteiger partial charge in [0.1, 0.15) is 24.4 Å². The lowest BCUT2D eigenvalue weighted by Gasteiger charge is -2.57. The van der Waals surface area contributed by atoms with Crippen molar-refractivity contribution >= 4 is 5.97 Å². The van der Waals surface area contributed by atoms with Crippen molar-refractivity contribution in [3.63, 3.8) is 0 Å². The number of aliphatic hydroxyl groups is 5. The van der Waals surface area contributed by atoms with Gasteiger partial charge < -0.3 is 49.7 Å². The van der Waals surface area contributed by atoms with E-state index in [4.69, 9.17) is 14.2 Å². The molecule has 6 N–H and O–H groups in total. The zero-order valence-electron chi connectivity index (χ0n) is 19.9. The summed E-state index contributed by atoms with van der Waals surface area (Å²) in [5, 5.41) is 66.2. The van der Waals surface area contributed by atoms with Crippen LogP contribution in [-0.2, 0) is 31.7 Å². The van der Waals surface area contributed by atoms with Gasteiger partial charge >= 0.3 is 5.97 Å². The lowest BCUT2D eigenvalue weighted by Crippen LogP contribution is -2.67. The van der Waals surface area contributed by atoms with Crippen molar-refractivity contribution in [3.8, 4) is 11.5 Å². The summed E-state index contributed by atoms with van der Waals surface area (Å²) in [6.45, 7) is 1.12. The predicted octanol–water partition coefficient (Wildman–Crippen LogP) is -1.61. The van der Waals surface area contributed by atoms with Crippen LogP contribution in [0.1, 0.15) is 30.0 Å². The molecule has 2 fully saturated rings. The van der Waals surface area contributed by atoms with E-state index in [-0.39, 0.29) is 29.0 Å². The highest BCUT2D eigenvalue weighted by molar-refractivity contribution is 5.67. The summed E-state index contributed by atoms with van der Waals surface area (Å²) in [7, 11) is 2.00. The summed E-state index contributed by atoms with van der Waals surface area (Å²) >= 11 is 0. The van der Waals surface area contributed by atoms with Gasteiger partial charge in [-0.1, -0.05) is 12.2 Å². The number of likely N-dealkylation sites (tertiary alicyclic amines) is 1. The molecule has 0 saturated carbocycles. The van der Waals surface area contributed by atoms with Crippen molar-refractivity contribution in [2.45, 2.75) is 73.6 Å². The Hall–Kier alpha value is -2.25. The van der Waals surface area contributed by atoms with Gasteiger partial charge in [-0.2, -0.15) is 0 Å². The highest BCUT2D eigenvalue weighted by atomic mass is 16.7. The van der Waals surface area contributed by atoms with E-state index in [2.05, 4.69) is 4.90 Å². The van der Waals surface area contributed by atoms with E-state index in [1.165, 1.54) is 6.07 Å². The Labute approximate surface area is 207 Å². The Balaban J connectivity index is 1.59. The fraction of sp³-hybridized carbons (Fsp3) is 0.640. The average Bonchev–Trinajstić information content (AvgIpc) is 3.20. The number of likely N-dealkylation sites (N-methyl/N-ethyl adjacent to an activating group) is 1. The minimum Gasteiger partial charge on any atom is -0.504 e. The van der Waals surface area contributed by atoms with Crippen LogP contribution in [0.3, 0.4) is 0 Å². The number of aliphatic hydroxyl groups excluding tert-OH is 4. The fourth-order valence-electron chi connectivity index (χ4n) is 7.38. The number of carbonyl (C=O) groups is 1. The molecule has 196 valence electrons. The van der Waals surface area contributed by atoms with E-state index in [0.717, 1.165) is 13.5 Å². The second kappa shape index (κ2) is 7.87. The quantitative estimate of drug-likeness (QED) is 0.206. The fourth-order valence-corrected chi connectivity index (χ4v) is 7.38. The minimum atomic E-state index is -2.47. The number of hydrogen-bond acceptors (Lipinski definition) is 11.